The van der Waals surface area contributed by atoms with E-state index in [1.54, 1.807) is 25.1 Å². The number of benzene rings is 2. The summed E-state index contributed by atoms with van der Waals surface area (Å²) >= 11 is 17.9. The predicted octanol–water partition coefficient (Wildman–Crippen LogP) is 5.34. The van der Waals surface area contributed by atoms with Crippen LogP contribution < -0.4 is 4.31 Å². The molecule has 0 heterocycles. The van der Waals surface area contributed by atoms with Gasteiger partial charge in [-0.3, -0.25) is 4.31 Å². The van der Waals surface area contributed by atoms with Crippen molar-refractivity contribution in [3.8, 4) is 0 Å². The van der Waals surface area contributed by atoms with E-state index < -0.39 is 10.0 Å². The van der Waals surface area contributed by atoms with E-state index in [0.717, 1.165) is 5.56 Å². The molecule has 0 aliphatic rings. The van der Waals surface area contributed by atoms with E-state index in [4.69, 9.17) is 34.8 Å². The van der Waals surface area contributed by atoms with Gasteiger partial charge in [-0.1, -0.05) is 40.9 Å². The van der Waals surface area contributed by atoms with Gasteiger partial charge in [0.1, 0.15) is 4.90 Å². The monoisotopic (exact) mass is 389 g/mol. The summed E-state index contributed by atoms with van der Waals surface area (Å²) in [4.78, 5) is -0.0529. The first kappa shape index (κ1) is 18.1. The van der Waals surface area contributed by atoms with Gasteiger partial charge >= 0.3 is 0 Å². The molecule has 3 nitrogen and oxygen atoms in total. The summed E-state index contributed by atoms with van der Waals surface area (Å²) in [6.07, 6.45) is 1.50. The Kier molecular flexibility index (Phi) is 5.63. The first-order chi connectivity index (χ1) is 10.8. The summed E-state index contributed by atoms with van der Waals surface area (Å²) in [5.74, 6) is 0. The van der Waals surface area contributed by atoms with Gasteiger partial charge in [-0.05, 0) is 48.9 Å². The van der Waals surface area contributed by atoms with Gasteiger partial charge in [-0.25, -0.2) is 8.42 Å². The summed E-state index contributed by atoms with van der Waals surface area (Å²) in [5, 5.41) is 0.928. The lowest BCUT2D eigenvalue weighted by molar-refractivity contribution is 0.593. The first-order valence-corrected chi connectivity index (χ1v) is 9.19. The lowest BCUT2D eigenvalue weighted by Gasteiger charge is -2.25. The molecule has 122 valence electrons. The van der Waals surface area contributed by atoms with Gasteiger partial charge in [0, 0.05) is 10.0 Å². The molecule has 7 heteroatoms. The van der Waals surface area contributed by atoms with Crippen molar-refractivity contribution in [2.24, 2.45) is 0 Å². The third kappa shape index (κ3) is 3.83. The van der Waals surface area contributed by atoms with Crippen molar-refractivity contribution >= 4 is 50.5 Å². The highest BCUT2D eigenvalue weighted by molar-refractivity contribution is 7.93. The average molecular weight is 391 g/mol. The smallest absolute Gasteiger partial charge is 0.262 e. The first-order valence-electron chi connectivity index (χ1n) is 6.62. The summed E-state index contributed by atoms with van der Waals surface area (Å²) in [6, 6.07) is 9.31. The van der Waals surface area contributed by atoms with E-state index >= 15 is 0 Å². The van der Waals surface area contributed by atoms with Crippen molar-refractivity contribution in [3.05, 3.63) is 69.7 Å². The van der Waals surface area contributed by atoms with Gasteiger partial charge in [0.25, 0.3) is 10.0 Å². The fourth-order valence-corrected chi connectivity index (χ4v) is 4.60. The van der Waals surface area contributed by atoms with Gasteiger partial charge in [0.05, 0.1) is 17.3 Å². The number of hydrogen-bond acceptors (Lipinski definition) is 2. The van der Waals surface area contributed by atoms with Crippen LogP contribution in [0.4, 0.5) is 5.69 Å². The van der Waals surface area contributed by atoms with Crippen LogP contribution >= 0.6 is 34.8 Å². The fourth-order valence-electron chi connectivity index (χ4n) is 2.14. The zero-order valence-corrected chi connectivity index (χ0v) is 15.3. The molecule has 2 aromatic carbocycles. The van der Waals surface area contributed by atoms with Crippen LogP contribution in [-0.4, -0.2) is 15.0 Å². The molecule has 0 saturated heterocycles. The third-order valence-electron chi connectivity index (χ3n) is 3.18. The second kappa shape index (κ2) is 7.14. The molecule has 0 bridgehead atoms. The molecular weight excluding hydrogens is 377 g/mol. The van der Waals surface area contributed by atoms with Crippen molar-refractivity contribution < 1.29 is 8.42 Å². The van der Waals surface area contributed by atoms with Gasteiger partial charge in [0.2, 0.25) is 0 Å². The molecule has 0 aromatic heterocycles. The van der Waals surface area contributed by atoms with Crippen LogP contribution in [0.25, 0.3) is 0 Å². The molecule has 2 aromatic rings. The zero-order chi connectivity index (χ0) is 17.2. The van der Waals surface area contributed by atoms with Crippen molar-refractivity contribution in [2.45, 2.75) is 11.8 Å². The molecular formula is C16H14Cl3NO2S. The molecule has 0 amide bonds. The number of rotatable bonds is 5. The maximum absolute atomic E-state index is 13.0. The van der Waals surface area contributed by atoms with E-state index in [1.807, 2.05) is 0 Å². The molecule has 0 spiro atoms. The largest absolute Gasteiger partial charge is 0.266 e. The summed E-state index contributed by atoms with van der Waals surface area (Å²) in [7, 11) is -3.90. The molecule has 23 heavy (non-hydrogen) atoms. The van der Waals surface area contributed by atoms with E-state index in [9.17, 15) is 8.42 Å². The Balaban J connectivity index is 2.64. The number of sulfonamides is 1. The number of hydrogen-bond donors (Lipinski definition) is 0. The van der Waals surface area contributed by atoms with Crippen LogP contribution in [0, 0.1) is 6.92 Å². The van der Waals surface area contributed by atoms with Crippen LogP contribution in [0.1, 0.15) is 5.56 Å². The number of aryl methyl sites for hydroxylation is 1. The van der Waals surface area contributed by atoms with Crippen LogP contribution in [-0.2, 0) is 10.0 Å². The van der Waals surface area contributed by atoms with E-state index in [1.165, 1.54) is 28.6 Å². The summed E-state index contributed by atoms with van der Waals surface area (Å²) in [5.41, 5.74) is 1.23. The minimum atomic E-state index is -3.90. The van der Waals surface area contributed by atoms with Crippen LogP contribution in [0.5, 0.6) is 0 Å². The second-order valence-electron chi connectivity index (χ2n) is 4.83. The van der Waals surface area contributed by atoms with E-state index in [-0.39, 0.29) is 16.5 Å². The SMILES string of the molecule is C=CCN(c1ccc(Cl)cc1C)S(=O)(=O)c1cc(Cl)ccc1Cl. The molecule has 0 N–H and O–H groups in total. The van der Waals surface area contributed by atoms with Crippen molar-refractivity contribution in [1.29, 1.82) is 0 Å². The Morgan fingerprint density at radius 1 is 1.09 bits per heavy atom. The minimum Gasteiger partial charge on any atom is -0.262 e. The van der Waals surface area contributed by atoms with Gasteiger partial charge in [0.15, 0.2) is 0 Å². The molecule has 0 fully saturated rings. The Bertz CT molecular complexity index is 850. The molecule has 0 atom stereocenters. The standard InChI is InChI=1S/C16H14Cl3NO2S/c1-3-8-20(15-7-5-12(17)9-11(15)2)23(21,22)16-10-13(18)4-6-14(16)19/h3-7,9-10H,1,8H2,2H3. The van der Waals surface area contributed by atoms with E-state index in [2.05, 4.69) is 6.58 Å². The normalized spacial score (nSPS) is 11.3. The van der Waals surface area contributed by atoms with Crippen molar-refractivity contribution in [1.82, 2.24) is 0 Å². The molecule has 0 aliphatic carbocycles. The molecule has 0 saturated carbocycles. The van der Waals surface area contributed by atoms with Crippen LogP contribution in [0.3, 0.4) is 0 Å². The molecule has 0 unspecified atom stereocenters. The highest BCUT2D eigenvalue weighted by Crippen LogP contribution is 2.32. The third-order valence-corrected chi connectivity index (χ3v) is 5.92. The fraction of sp³-hybridized carbons (Fsp3) is 0.125. The Labute approximate surface area is 151 Å². The summed E-state index contributed by atoms with van der Waals surface area (Å²) in [6.45, 7) is 5.50. The maximum atomic E-state index is 13.0. The second-order valence-corrected chi connectivity index (χ2v) is 7.94. The average Bonchev–Trinajstić information content (AvgIpc) is 2.48. The van der Waals surface area contributed by atoms with Gasteiger partial charge < -0.3 is 0 Å². The van der Waals surface area contributed by atoms with Crippen molar-refractivity contribution in [2.75, 3.05) is 10.8 Å². The molecule has 0 aliphatic heterocycles. The Morgan fingerprint density at radius 3 is 2.30 bits per heavy atom. The highest BCUT2D eigenvalue weighted by atomic mass is 35.5. The van der Waals surface area contributed by atoms with E-state index in [0.29, 0.717) is 15.7 Å². The van der Waals surface area contributed by atoms with Gasteiger partial charge in [-0.2, -0.15) is 0 Å². The molecule has 2 rings (SSSR count). The topological polar surface area (TPSA) is 37.4 Å². The lowest BCUT2D eigenvalue weighted by Crippen LogP contribution is -2.32. The van der Waals surface area contributed by atoms with Crippen LogP contribution in [0.15, 0.2) is 53.9 Å². The zero-order valence-electron chi connectivity index (χ0n) is 12.3. The molecule has 0 radical (unpaired) electrons. The lowest BCUT2D eigenvalue weighted by atomic mass is 10.2. The number of anilines is 1. The quantitative estimate of drug-likeness (QED) is 0.646. The highest BCUT2D eigenvalue weighted by Gasteiger charge is 2.27. The Morgan fingerprint density at radius 2 is 1.70 bits per heavy atom. The number of nitrogens with zero attached hydrogens (tertiary/aromatic N) is 1. The Hall–Kier alpha value is -1.20. The predicted molar refractivity (Wildman–Crippen MR) is 97.4 cm³/mol. The van der Waals surface area contributed by atoms with Crippen molar-refractivity contribution in [3.63, 3.8) is 0 Å². The minimum absolute atomic E-state index is 0.0529. The van der Waals surface area contributed by atoms with Gasteiger partial charge in [-0.15, -0.1) is 6.58 Å². The maximum Gasteiger partial charge on any atom is 0.266 e. The number of halogens is 3. The summed E-state index contributed by atoms with van der Waals surface area (Å²) < 4.78 is 27.3. The van der Waals surface area contributed by atoms with Crippen LogP contribution in [0.2, 0.25) is 15.1 Å².